The van der Waals surface area contributed by atoms with E-state index in [0.29, 0.717) is 15.2 Å². The highest BCUT2D eigenvalue weighted by Crippen LogP contribution is 2.39. The van der Waals surface area contributed by atoms with Crippen LogP contribution in [0.5, 0.6) is 5.75 Å². The molecule has 0 atom stereocenters. The Hall–Kier alpha value is -2.21. The van der Waals surface area contributed by atoms with Crippen molar-refractivity contribution in [1.29, 1.82) is 0 Å². The summed E-state index contributed by atoms with van der Waals surface area (Å²) in [6.07, 6.45) is 3.24. The van der Waals surface area contributed by atoms with Gasteiger partial charge in [-0.3, -0.25) is 4.79 Å². The van der Waals surface area contributed by atoms with E-state index in [9.17, 15) is 9.90 Å². The predicted molar refractivity (Wildman–Crippen MR) is 101 cm³/mol. The number of hydrogen-bond donors (Lipinski definition) is 1. The molecule has 25 heavy (non-hydrogen) atoms. The van der Waals surface area contributed by atoms with Gasteiger partial charge in [0.05, 0.1) is 4.53 Å². The van der Waals surface area contributed by atoms with E-state index in [1.165, 1.54) is 22.2 Å². The van der Waals surface area contributed by atoms with Crippen molar-refractivity contribution in [2.75, 3.05) is 0 Å². The summed E-state index contributed by atoms with van der Waals surface area (Å²) in [6.45, 7) is 12.4. The lowest BCUT2D eigenvalue weighted by atomic mass is 9.78. The minimum absolute atomic E-state index is 0.166. The molecule has 0 spiro atoms. The maximum atomic E-state index is 12.4. The molecule has 3 rings (SSSR count). The van der Waals surface area contributed by atoms with Gasteiger partial charge in [0.25, 0.3) is 5.56 Å². The van der Waals surface area contributed by atoms with Gasteiger partial charge in [0, 0.05) is 11.1 Å². The van der Waals surface area contributed by atoms with Gasteiger partial charge in [-0.1, -0.05) is 52.9 Å². The molecule has 0 aliphatic heterocycles. The van der Waals surface area contributed by atoms with Crippen molar-refractivity contribution < 1.29 is 5.11 Å². The number of benzene rings is 1. The molecule has 0 saturated heterocycles. The molecule has 0 aliphatic rings. The zero-order chi connectivity index (χ0) is 18.6. The van der Waals surface area contributed by atoms with Gasteiger partial charge in [-0.2, -0.15) is 9.61 Å². The van der Waals surface area contributed by atoms with Crippen LogP contribution in [-0.4, -0.2) is 19.7 Å². The lowest BCUT2D eigenvalue weighted by molar-refractivity contribution is 0.423. The van der Waals surface area contributed by atoms with E-state index >= 15 is 0 Å². The first-order chi connectivity index (χ1) is 11.5. The van der Waals surface area contributed by atoms with E-state index in [2.05, 4.69) is 51.6 Å². The molecule has 0 amide bonds. The number of nitrogens with zero attached hydrogens (tertiary/aromatic N) is 3. The zero-order valence-corrected chi connectivity index (χ0v) is 16.2. The van der Waals surface area contributed by atoms with Gasteiger partial charge >= 0.3 is 0 Å². The second kappa shape index (κ2) is 5.66. The van der Waals surface area contributed by atoms with Crippen LogP contribution in [-0.2, 0) is 10.8 Å². The first-order valence-corrected chi connectivity index (χ1v) is 9.02. The van der Waals surface area contributed by atoms with E-state index < -0.39 is 0 Å². The molecule has 0 saturated carbocycles. The van der Waals surface area contributed by atoms with E-state index in [0.717, 1.165) is 16.7 Å². The average Bonchev–Trinajstić information content (AvgIpc) is 3.02. The Morgan fingerprint density at radius 2 is 1.64 bits per heavy atom. The first kappa shape index (κ1) is 17.6. The number of aromatic hydroxyl groups is 1. The van der Waals surface area contributed by atoms with Crippen LogP contribution >= 0.6 is 11.3 Å². The minimum atomic E-state index is -0.209. The van der Waals surface area contributed by atoms with E-state index in [1.807, 2.05) is 18.2 Å². The number of phenolic OH excluding ortho intramolecular Hbond substituents is 1. The molecule has 2 aromatic heterocycles. The molecule has 132 valence electrons. The largest absolute Gasteiger partial charge is 0.507 e. The fraction of sp³-hybridized carbons (Fsp3) is 0.421. The van der Waals surface area contributed by atoms with Gasteiger partial charge < -0.3 is 5.11 Å². The Labute approximate surface area is 150 Å². The molecular weight excluding hydrogens is 334 g/mol. The highest BCUT2D eigenvalue weighted by Gasteiger charge is 2.26. The van der Waals surface area contributed by atoms with Crippen LogP contribution in [0.2, 0.25) is 0 Å². The molecular formula is C19H23N3O2S. The third-order valence-corrected chi connectivity index (χ3v) is 5.14. The Balaban J connectivity index is 2.29. The summed E-state index contributed by atoms with van der Waals surface area (Å²) in [5.41, 5.74) is 2.06. The third-order valence-electron chi connectivity index (χ3n) is 4.17. The fourth-order valence-electron chi connectivity index (χ4n) is 2.81. The highest BCUT2D eigenvalue weighted by molar-refractivity contribution is 7.15. The maximum Gasteiger partial charge on any atom is 0.291 e. The van der Waals surface area contributed by atoms with Crippen LogP contribution in [0.25, 0.3) is 11.0 Å². The van der Waals surface area contributed by atoms with Crippen LogP contribution in [0.3, 0.4) is 0 Å². The Kier molecular flexibility index (Phi) is 3.99. The molecule has 5 nitrogen and oxygen atoms in total. The second-order valence-electron chi connectivity index (χ2n) is 8.33. The minimum Gasteiger partial charge on any atom is -0.507 e. The standard InChI is InChI=1S/C19H23N3O2S/c1-18(2,3)12-7-11(8-13(15(12)23)19(4,5)6)9-14-16(24)22-17(25-14)20-10-21-22/h7-10,23H,1-6H3. The van der Waals surface area contributed by atoms with Crippen LogP contribution in [0.4, 0.5) is 0 Å². The molecule has 3 aromatic rings. The highest BCUT2D eigenvalue weighted by atomic mass is 32.1. The van der Waals surface area contributed by atoms with Crippen molar-refractivity contribution in [2.45, 2.75) is 52.4 Å². The molecule has 0 bridgehead atoms. The summed E-state index contributed by atoms with van der Waals surface area (Å²) in [6, 6.07) is 3.92. The average molecular weight is 357 g/mol. The Bertz CT molecular complexity index is 1010. The van der Waals surface area contributed by atoms with E-state index in [-0.39, 0.29) is 16.4 Å². The Morgan fingerprint density at radius 3 is 2.12 bits per heavy atom. The number of fused-ring (bicyclic) bond motifs is 1. The Morgan fingerprint density at radius 1 is 1.08 bits per heavy atom. The summed E-state index contributed by atoms with van der Waals surface area (Å²) in [4.78, 5) is 17.1. The summed E-state index contributed by atoms with van der Waals surface area (Å²) >= 11 is 1.32. The van der Waals surface area contributed by atoms with Crippen molar-refractivity contribution in [3.63, 3.8) is 0 Å². The summed E-state index contributed by atoms with van der Waals surface area (Å²) < 4.78 is 1.90. The molecule has 1 aromatic carbocycles. The smallest absolute Gasteiger partial charge is 0.291 e. The normalized spacial score (nSPS) is 13.8. The molecule has 0 fully saturated rings. The molecule has 0 unspecified atom stereocenters. The van der Waals surface area contributed by atoms with Crippen LogP contribution in [0, 0.1) is 0 Å². The second-order valence-corrected chi connectivity index (χ2v) is 9.34. The van der Waals surface area contributed by atoms with E-state index in [4.69, 9.17) is 0 Å². The van der Waals surface area contributed by atoms with Crippen LogP contribution in [0.1, 0.15) is 58.2 Å². The summed E-state index contributed by atoms with van der Waals surface area (Å²) in [5.74, 6) is 0.335. The number of aromatic nitrogens is 3. The monoisotopic (exact) mass is 357 g/mol. The first-order valence-electron chi connectivity index (χ1n) is 8.21. The fourth-order valence-corrected chi connectivity index (χ4v) is 3.69. The van der Waals surface area contributed by atoms with Crippen molar-refractivity contribution in [1.82, 2.24) is 14.6 Å². The summed E-state index contributed by atoms with van der Waals surface area (Å²) in [7, 11) is 0. The van der Waals surface area contributed by atoms with Gasteiger partial charge in [0.15, 0.2) is 0 Å². The third kappa shape index (κ3) is 3.18. The van der Waals surface area contributed by atoms with Gasteiger partial charge in [0.2, 0.25) is 4.96 Å². The number of thiazole rings is 1. The molecule has 2 heterocycles. The van der Waals surface area contributed by atoms with Gasteiger partial charge in [-0.15, -0.1) is 0 Å². The predicted octanol–water partition coefficient (Wildman–Crippen LogP) is 3.00. The van der Waals surface area contributed by atoms with Crippen LogP contribution in [0.15, 0.2) is 23.3 Å². The van der Waals surface area contributed by atoms with Gasteiger partial charge in [-0.25, -0.2) is 4.98 Å². The van der Waals surface area contributed by atoms with Crippen molar-refractivity contribution >= 4 is 22.4 Å². The lowest BCUT2D eigenvalue weighted by Gasteiger charge is -2.27. The number of phenols is 1. The van der Waals surface area contributed by atoms with Crippen molar-refractivity contribution in [2.24, 2.45) is 0 Å². The van der Waals surface area contributed by atoms with Crippen molar-refractivity contribution in [3.8, 4) is 5.75 Å². The molecule has 1 N–H and O–H groups in total. The van der Waals surface area contributed by atoms with E-state index in [1.54, 1.807) is 0 Å². The number of hydrogen-bond acceptors (Lipinski definition) is 5. The van der Waals surface area contributed by atoms with Crippen LogP contribution < -0.4 is 10.1 Å². The SMILES string of the molecule is CC(C)(C)c1cc(C=c2sc3ncnn3c2=O)cc(C(C)(C)C)c1O. The topological polar surface area (TPSA) is 67.5 Å². The lowest BCUT2D eigenvalue weighted by Crippen LogP contribution is -2.24. The van der Waals surface area contributed by atoms with Gasteiger partial charge in [-0.05, 0) is 34.6 Å². The maximum absolute atomic E-state index is 12.4. The number of rotatable bonds is 1. The zero-order valence-electron chi connectivity index (χ0n) is 15.4. The molecule has 0 aliphatic carbocycles. The molecule has 0 radical (unpaired) electrons. The van der Waals surface area contributed by atoms with Gasteiger partial charge in [0.1, 0.15) is 12.1 Å². The quantitative estimate of drug-likeness (QED) is 0.727. The summed E-state index contributed by atoms with van der Waals surface area (Å²) in [5, 5.41) is 14.7. The van der Waals surface area contributed by atoms with Crippen molar-refractivity contribution in [3.05, 3.63) is 50.0 Å². The molecule has 6 heteroatoms.